The van der Waals surface area contributed by atoms with Crippen molar-refractivity contribution < 1.29 is 8.78 Å². The number of nitrogens with one attached hydrogen (secondary N) is 1. The van der Waals surface area contributed by atoms with Crippen LogP contribution in [0.4, 0.5) is 8.78 Å². The van der Waals surface area contributed by atoms with E-state index in [0.717, 1.165) is 32.5 Å². The predicted molar refractivity (Wildman–Crippen MR) is 82.1 cm³/mol. The van der Waals surface area contributed by atoms with Gasteiger partial charge in [0.25, 0.3) is 0 Å². The standard InChI is InChI=1S/C17H26F2N2/c1-17(2,3)20-11-13-7-9-21(10-8-13)12-14-15(18)5-4-6-16(14)19/h4-6,13,20H,7-12H2,1-3H3. The summed E-state index contributed by atoms with van der Waals surface area (Å²) in [6.07, 6.45) is 2.16. The Morgan fingerprint density at radius 3 is 2.24 bits per heavy atom. The molecule has 1 saturated heterocycles. The summed E-state index contributed by atoms with van der Waals surface area (Å²) >= 11 is 0. The van der Waals surface area contributed by atoms with E-state index in [1.54, 1.807) is 0 Å². The first-order valence-corrected chi connectivity index (χ1v) is 7.75. The van der Waals surface area contributed by atoms with Gasteiger partial charge in [-0.15, -0.1) is 0 Å². The Bertz CT molecular complexity index is 440. The molecule has 1 aromatic carbocycles. The van der Waals surface area contributed by atoms with E-state index < -0.39 is 11.6 Å². The van der Waals surface area contributed by atoms with Crippen LogP contribution in [-0.4, -0.2) is 30.1 Å². The number of hydrogen-bond donors (Lipinski definition) is 1. The van der Waals surface area contributed by atoms with E-state index in [4.69, 9.17) is 0 Å². The normalized spacial score (nSPS) is 18.1. The van der Waals surface area contributed by atoms with Gasteiger partial charge in [-0.25, -0.2) is 8.78 Å². The van der Waals surface area contributed by atoms with E-state index in [9.17, 15) is 8.78 Å². The van der Waals surface area contributed by atoms with Crippen LogP contribution in [-0.2, 0) is 6.54 Å². The van der Waals surface area contributed by atoms with E-state index in [1.165, 1.54) is 18.2 Å². The number of nitrogens with zero attached hydrogens (tertiary/aromatic N) is 1. The van der Waals surface area contributed by atoms with Crippen LogP contribution >= 0.6 is 0 Å². The molecule has 118 valence electrons. The lowest BCUT2D eigenvalue weighted by molar-refractivity contribution is 0.167. The van der Waals surface area contributed by atoms with Crippen molar-refractivity contribution in [2.45, 2.75) is 45.7 Å². The van der Waals surface area contributed by atoms with E-state index in [0.29, 0.717) is 12.5 Å². The number of likely N-dealkylation sites (tertiary alicyclic amines) is 1. The number of piperidine rings is 1. The zero-order valence-electron chi connectivity index (χ0n) is 13.3. The average Bonchev–Trinajstić information content (AvgIpc) is 2.41. The summed E-state index contributed by atoms with van der Waals surface area (Å²) in [5.74, 6) is -0.219. The van der Waals surface area contributed by atoms with Crippen LogP contribution in [0.25, 0.3) is 0 Å². The van der Waals surface area contributed by atoms with E-state index in [2.05, 4.69) is 31.0 Å². The van der Waals surface area contributed by atoms with Gasteiger partial charge in [0.05, 0.1) is 0 Å². The van der Waals surface area contributed by atoms with E-state index >= 15 is 0 Å². The highest BCUT2D eigenvalue weighted by Crippen LogP contribution is 2.21. The van der Waals surface area contributed by atoms with Gasteiger partial charge in [0.1, 0.15) is 11.6 Å². The molecule has 0 saturated carbocycles. The third kappa shape index (κ3) is 5.04. The Kier molecular flexibility index (Phi) is 5.33. The molecule has 2 nitrogen and oxygen atoms in total. The van der Waals surface area contributed by atoms with Gasteiger partial charge in [0, 0.05) is 17.6 Å². The Morgan fingerprint density at radius 1 is 1.14 bits per heavy atom. The van der Waals surface area contributed by atoms with Crippen molar-refractivity contribution >= 4 is 0 Å². The lowest BCUT2D eigenvalue weighted by atomic mass is 9.95. The molecule has 0 radical (unpaired) electrons. The fraction of sp³-hybridized carbons (Fsp3) is 0.647. The van der Waals surface area contributed by atoms with Gasteiger partial charge in [0.15, 0.2) is 0 Å². The summed E-state index contributed by atoms with van der Waals surface area (Å²) in [5, 5.41) is 3.54. The van der Waals surface area contributed by atoms with Crippen molar-refractivity contribution in [3.8, 4) is 0 Å². The maximum atomic E-state index is 13.7. The van der Waals surface area contributed by atoms with E-state index in [-0.39, 0.29) is 11.1 Å². The zero-order chi connectivity index (χ0) is 15.5. The molecule has 4 heteroatoms. The van der Waals surface area contributed by atoms with Gasteiger partial charge in [-0.2, -0.15) is 0 Å². The summed E-state index contributed by atoms with van der Waals surface area (Å²) in [6.45, 7) is 9.72. The fourth-order valence-electron chi connectivity index (χ4n) is 2.71. The van der Waals surface area contributed by atoms with Crippen molar-refractivity contribution in [3.63, 3.8) is 0 Å². The van der Waals surface area contributed by atoms with Gasteiger partial charge >= 0.3 is 0 Å². The van der Waals surface area contributed by atoms with Crippen LogP contribution in [0, 0.1) is 17.6 Å². The molecule has 2 rings (SSSR count). The second-order valence-electron chi connectivity index (χ2n) is 7.05. The zero-order valence-corrected chi connectivity index (χ0v) is 13.3. The Labute approximate surface area is 126 Å². The summed E-state index contributed by atoms with van der Waals surface area (Å²) < 4.78 is 27.3. The lowest BCUT2D eigenvalue weighted by Gasteiger charge is -2.33. The molecule has 1 N–H and O–H groups in total. The van der Waals surface area contributed by atoms with Crippen LogP contribution in [0.2, 0.25) is 0 Å². The molecule has 0 atom stereocenters. The summed E-state index contributed by atoms with van der Waals surface area (Å²) in [4.78, 5) is 2.15. The highest BCUT2D eigenvalue weighted by molar-refractivity contribution is 5.19. The largest absolute Gasteiger partial charge is 0.312 e. The molecular formula is C17H26F2N2. The van der Waals surface area contributed by atoms with Gasteiger partial charge in [-0.05, 0) is 71.3 Å². The first-order chi connectivity index (χ1) is 9.85. The monoisotopic (exact) mass is 296 g/mol. The van der Waals surface area contributed by atoms with Crippen molar-refractivity contribution in [3.05, 3.63) is 35.4 Å². The van der Waals surface area contributed by atoms with Crippen molar-refractivity contribution in [1.82, 2.24) is 10.2 Å². The molecule has 1 aliphatic heterocycles. The van der Waals surface area contributed by atoms with Crippen LogP contribution < -0.4 is 5.32 Å². The lowest BCUT2D eigenvalue weighted by Crippen LogP contribution is -2.42. The summed E-state index contributed by atoms with van der Waals surface area (Å²) in [7, 11) is 0. The first kappa shape index (κ1) is 16.4. The molecule has 0 spiro atoms. The molecule has 1 aromatic rings. The van der Waals surface area contributed by atoms with Gasteiger partial charge in [0.2, 0.25) is 0 Å². The maximum Gasteiger partial charge on any atom is 0.130 e. The molecular weight excluding hydrogens is 270 g/mol. The molecule has 1 heterocycles. The minimum absolute atomic E-state index is 0.146. The quantitative estimate of drug-likeness (QED) is 0.914. The van der Waals surface area contributed by atoms with Crippen molar-refractivity contribution in [2.75, 3.05) is 19.6 Å². The van der Waals surface area contributed by atoms with Crippen molar-refractivity contribution in [1.29, 1.82) is 0 Å². The second-order valence-corrected chi connectivity index (χ2v) is 7.05. The number of rotatable bonds is 4. The SMILES string of the molecule is CC(C)(C)NCC1CCN(Cc2c(F)cccc2F)CC1. The molecule has 1 aliphatic rings. The number of halogens is 2. The van der Waals surface area contributed by atoms with Gasteiger partial charge < -0.3 is 5.32 Å². The van der Waals surface area contributed by atoms with Crippen LogP contribution in [0.5, 0.6) is 0 Å². The van der Waals surface area contributed by atoms with Crippen molar-refractivity contribution in [2.24, 2.45) is 5.92 Å². The van der Waals surface area contributed by atoms with Crippen LogP contribution in [0.1, 0.15) is 39.2 Å². The highest BCUT2D eigenvalue weighted by atomic mass is 19.1. The third-order valence-electron chi connectivity index (χ3n) is 4.07. The average molecular weight is 296 g/mol. The van der Waals surface area contributed by atoms with Crippen LogP contribution in [0.3, 0.4) is 0 Å². The van der Waals surface area contributed by atoms with Gasteiger partial charge in [-0.1, -0.05) is 6.07 Å². The molecule has 0 bridgehead atoms. The third-order valence-corrected chi connectivity index (χ3v) is 4.07. The van der Waals surface area contributed by atoms with Gasteiger partial charge in [-0.3, -0.25) is 4.90 Å². The number of hydrogen-bond acceptors (Lipinski definition) is 2. The minimum Gasteiger partial charge on any atom is -0.312 e. The molecule has 0 aromatic heterocycles. The Morgan fingerprint density at radius 2 is 1.71 bits per heavy atom. The predicted octanol–water partition coefficient (Wildman–Crippen LogP) is 3.56. The second kappa shape index (κ2) is 6.84. The highest BCUT2D eigenvalue weighted by Gasteiger charge is 2.22. The smallest absolute Gasteiger partial charge is 0.130 e. The maximum absolute atomic E-state index is 13.7. The molecule has 0 unspecified atom stereocenters. The van der Waals surface area contributed by atoms with E-state index in [1.807, 2.05) is 0 Å². The number of benzene rings is 1. The molecule has 1 fully saturated rings. The molecule has 0 amide bonds. The van der Waals surface area contributed by atoms with Crippen LogP contribution in [0.15, 0.2) is 18.2 Å². The Balaban J connectivity index is 1.82. The summed E-state index contributed by atoms with van der Waals surface area (Å²) in [5.41, 5.74) is 0.344. The fourth-order valence-corrected chi connectivity index (χ4v) is 2.71. The first-order valence-electron chi connectivity index (χ1n) is 7.75. The minimum atomic E-state index is -0.438. The molecule has 21 heavy (non-hydrogen) atoms. The molecule has 0 aliphatic carbocycles. The topological polar surface area (TPSA) is 15.3 Å². The Hall–Kier alpha value is -1.00. The summed E-state index contributed by atoms with van der Waals surface area (Å²) in [6, 6.07) is 4.08.